The fraction of sp³-hybridized carbons (Fsp3) is 0.750. The highest BCUT2D eigenvalue weighted by atomic mass is 16.5. The molecule has 7 nitrogen and oxygen atoms in total. The number of rotatable bonds is 11. The number of esters is 3. The Hall–Kier alpha value is -1.92. The van der Waals surface area contributed by atoms with Gasteiger partial charge < -0.3 is 14.2 Å². The summed E-state index contributed by atoms with van der Waals surface area (Å²) in [5.74, 6) is -2.08. The summed E-state index contributed by atoms with van der Waals surface area (Å²) >= 11 is 0. The summed E-state index contributed by atoms with van der Waals surface area (Å²) in [5, 5.41) is 0. The standard InChI is InChI=1S/C16H26O7/c1-5-7-12(17)16(15(20)23-6-2,10-8-13(18)21-3)11-9-14(19)22-4/h5-11H2,1-4H3. The lowest BCUT2D eigenvalue weighted by atomic mass is 9.74. The highest BCUT2D eigenvalue weighted by Crippen LogP contribution is 2.35. The third kappa shape index (κ3) is 6.38. The molecule has 0 N–H and O–H groups in total. The normalized spacial score (nSPS) is 10.8. The number of ether oxygens (including phenoxy) is 3. The molecule has 0 aliphatic carbocycles. The van der Waals surface area contributed by atoms with Gasteiger partial charge in [0.05, 0.1) is 20.8 Å². The molecule has 0 aromatic carbocycles. The molecule has 7 heteroatoms. The maximum Gasteiger partial charge on any atom is 0.319 e. The second kappa shape index (κ2) is 10.7. The maximum atomic E-state index is 12.6. The van der Waals surface area contributed by atoms with Crippen molar-refractivity contribution < 1.29 is 33.4 Å². The van der Waals surface area contributed by atoms with Crippen LogP contribution in [0.1, 0.15) is 52.4 Å². The molecule has 0 aromatic heterocycles. The van der Waals surface area contributed by atoms with Crippen molar-refractivity contribution in [1.29, 1.82) is 0 Å². The molecule has 132 valence electrons. The second-order valence-electron chi connectivity index (χ2n) is 5.13. The Morgan fingerprint density at radius 3 is 1.65 bits per heavy atom. The number of hydrogen-bond donors (Lipinski definition) is 0. The van der Waals surface area contributed by atoms with Crippen LogP contribution in [0.25, 0.3) is 0 Å². The molecule has 0 saturated carbocycles. The van der Waals surface area contributed by atoms with Gasteiger partial charge in [0.15, 0.2) is 0 Å². The molecule has 0 radical (unpaired) electrons. The van der Waals surface area contributed by atoms with Crippen LogP contribution in [0, 0.1) is 5.41 Å². The topological polar surface area (TPSA) is 96.0 Å². The van der Waals surface area contributed by atoms with Gasteiger partial charge in [0.25, 0.3) is 0 Å². The molecule has 0 atom stereocenters. The van der Waals surface area contributed by atoms with E-state index in [1.165, 1.54) is 14.2 Å². The van der Waals surface area contributed by atoms with Gasteiger partial charge in [0.1, 0.15) is 11.2 Å². The molecule has 0 rings (SSSR count). The predicted octanol–water partition coefficient (Wildman–Crippen LogP) is 1.81. The molecule has 0 heterocycles. The summed E-state index contributed by atoms with van der Waals surface area (Å²) < 4.78 is 14.2. The van der Waals surface area contributed by atoms with Crippen LogP contribution < -0.4 is 0 Å². The fourth-order valence-corrected chi connectivity index (χ4v) is 2.29. The zero-order valence-electron chi connectivity index (χ0n) is 14.3. The van der Waals surface area contributed by atoms with Crippen LogP contribution >= 0.6 is 0 Å². The van der Waals surface area contributed by atoms with Crippen molar-refractivity contribution in [1.82, 2.24) is 0 Å². The van der Waals surface area contributed by atoms with E-state index in [4.69, 9.17) is 4.74 Å². The van der Waals surface area contributed by atoms with E-state index in [-0.39, 0.29) is 44.5 Å². The van der Waals surface area contributed by atoms with Crippen molar-refractivity contribution in [3.63, 3.8) is 0 Å². The number of hydrogen-bond acceptors (Lipinski definition) is 7. The molecule has 0 spiro atoms. The van der Waals surface area contributed by atoms with Crippen molar-refractivity contribution in [2.24, 2.45) is 5.41 Å². The fourth-order valence-electron chi connectivity index (χ4n) is 2.29. The maximum absolute atomic E-state index is 12.6. The Bertz CT molecular complexity index is 388. The van der Waals surface area contributed by atoms with Gasteiger partial charge in [0, 0.05) is 19.3 Å². The van der Waals surface area contributed by atoms with Crippen molar-refractivity contribution in [3.05, 3.63) is 0 Å². The van der Waals surface area contributed by atoms with Gasteiger partial charge in [-0.05, 0) is 26.2 Å². The third-order valence-electron chi connectivity index (χ3n) is 3.64. The smallest absolute Gasteiger partial charge is 0.319 e. The minimum atomic E-state index is -1.52. The van der Waals surface area contributed by atoms with E-state index in [0.29, 0.717) is 6.42 Å². The molecule has 0 bridgehead atoms. The van der Waals surface area contributed by atoms with Gasteiger partial charge in [-0.25, -0.2) is 0 Å². The molecule has 0 unspecified atom stereocenters. The van der Waals surface area contributed by atoms with E-state index >= 15 is 0 Å². The van der Waals surface area contributed by atoms with Crippen LogP contribution in [0.4, 0.5) is 0 Å². The molecule has 0 aliphatic rings. The summed E-state index contributed by atoms with van der Waals surface area (Å²) in [6.07, 6.45) is 0.415. The highest BCUT2D eigenvalue weighted by molar-refractivity contribution is 6.04. The van der Waals surface area contributed by atoms with Crippen LogP contribution in [0.15, 0.2) is 0 Å². The average Bonchev–Trinajstić information content (AvgIpc) is 2.54. The van der Waals surface area contributed by atoms with Gasteiger partial charge in [-0.2, -0.15) is 0 Å². The molecule has 0 aromatic rings. The number of carbonyl (C=O) groups excluding carboxylic acids is 4. The highest BCUT2D eigenvalue weighted by Gasteiger charge is 2.46. The van der Waals surface area contributed by atoms with Crippen LogP contribution in [0.3, 0.4) is 0 Å². The Labute approximate surface area is 136 Å². The first-order valence-corrected chi connectivity index (χ1v) is 7.72. The third-order valence-corrected chi connectivity index (χ3v) is 3.64. The lowest BCUT2D eigenvalue weighted by molar-refractivity contribution is -0.162. The number of Topliss-reactive ketones (excluding diaryl/α,β-unsaturated/α-hetero) is 1. The molecule has 0 aliphatic heterocycles. The monoisotopic (exact) mass is 330 g/mol. The zero-order valence-corrected chi connectivity index (χ0v) is 14.3. The van der Waals surface area contributed by atoms with Gasteiger partial charge in [-0.1, -0.05) is 6.92 Å². The summed E-state index contributed by atoms with van der Waals surface area (Å²) in [6, 6.07) is 0. The summed E-state index contributed by atoms with van der Waals surface area (Å²) in [5.41, 5.74) is -1.52. The lowest BCUT2D eigenvalue weighted by Crippen LogP contribution is -2.42. The van der Waals surface area contributed by atoms with E-state index in [2.05, 4.69) is 9.47 Å². The first kappa shape index (κ1) is 21.1. The average molecular weight is 330 g/mol. The predicted molar refractivity (Wildman–Crippen MR) is 81.5 cm³/mol. The van der Waals surface area contributed by atoms with E-state index in [0.717, 1.165) is 0 Å². The number of methoxy groups -OCH3 is 2. The minimum absolute atomic E-state index is 0.0473. The van der Waals surface area contributed by atoms with E-state index in [1.54, 1.807) is 6.92 Å². The lowest BCUT2D eigenvalue weighted by Gasteiger charge is -2.29. The Morgan fingerprint density at radius 1 is 0.826 bits per heavy atom. The Kier molecular flexibility index (Phi) is 9.85. The first-order chi connectivity index (χ1) is 10.9. The van der Waals surface area contributed by atoms with E-state index in [9.17, 15) is 19.2 Å². The summed E-state index contributed by atoms with van der Waals surface area (Å²) in [7, 11) is 2.47. The second-order valence-corrected chi connectivity index (χ2v) is 5.13. The van der Waals surface area contributed by atoms with Gasteiger partial charge in [-0.3, -0.25) is 19.2 Å². The van der Waals surface area contributed by atoms with Gasteiger partial charge in [-0.15, -0.1) is 0 Å². The first-order valence-electron chi connectivity index (χ1n) is 7.72. The Morgan fingerprint density at radius 2 is 1.30 bits per heavy atom. The van der Waals surface area contributed by atoms with E-state index < -0.39 is 23.3 Å². The van der Waals surface area contributed by atoms with Gasteiger partial charge >= 0.3 is 17.9 Å². The zero-order chi connectivity index (χ0) is 17.9. The van der Waals surface area contributed by atoms with E-state index in [1.807, 2.05) is 6.92 Å². The van der Waals surface area contributed by atoms with Gasteiger partial charge in [0.2, 0.25) is 0 Å². The van der Waals surface area contributed by atoms with Crippen molar-refractivity contribution in [2.75, 3.05) is 20.8 Å². The molecule has 0 amide bonds. The van der Waals surface area contributed by atoms with Crippen LogP contribution in [0.2, 0.25) is 0 Å². The minimum Gasteiger partial charge on any atom is -0.469 e. The summed E-state index contributed by atoms with van der Waals surface area (Å²) in [6.45, 7) is 3.55. The SMILES string of the molecule is CCCC(=O)C(CCC(=O)OC)(CCC(=O)OC)C(=O)OCC. The molecule has 23 heavy (non-hydrogen) atoms. The summed E-state index contributed by atoms with van der Waals surface area (Å²) in [4.78, 5) is 47.9. The number of carbonyl (C=O) groups is 4. The molecular formula is C16H26O7. The van der Waals surface area contributed by atoms with Crippen LogP contribution in [0.5, 0.6) is 0 Å². The molecular weight excluding hydrogens is 304 g/mol. The van der Waals surface area contributed by atoms with Crippen LogP contribution in [-0.2, 0) is 33.4 Å². The quantitative estimate of drug-likeness (QED) is 0.324. The molecule has 0 saturated heterocycles. The Balaban J connectivity index is 5.48. The van der Waals surface area contributed by atoms with Crippen LogP contribution in [-0.4, -0.2) is 44.5 Å². The van der Waals surface area contributed by atoms with Crippen molar-refractivity contribution in [2.45, 2.75) is 52.4 Å². The van der Waals surface area contributed by atoms with Crippen molar-refractivity contribution >= 4 is 23.7 Å². The number of ketones is 1. The van der Waals surface area contributed by atoms with Crippen molar-refractivity contribution in [3.8, 4) is 0 Å². The largest absolute Gasteiger partial charge is 0.469 e. The molecule has 0 fully saturated rings.